The molecule has 76 valence electrons. The van der Waals surface area contributed by atoms with Gasteiger partial charge in [-0.15, -0.1) is 0 Å². The number of hydrogen-bond donors (Lipinski definition) is 3. The van der Waals surface area contributed by atoms with Crippen LogP contribution in [0.5, 0.6) is 0 Å². The van der Waals surface area contributed by atoms with Crippen LogP contribution in [0.3, 0.4) is 0 Å². The van der Waals surface area contributed by atoms with E-state index in [1.54, 1.807) is 18.4 Å². The molecule has 0 aliphatic carbocycles. The minimum Gasteiger partial charge on any atom is -0.391 e. The molecule has 0 aromatic carbocycles. The first kappa shape index (κ1) is 12.4. The van der Waals surface area contributed by atoms with Crippen LogP contribution in [-0.2, 0) is 9.09 Å². The van der Waals surface area contributed by atoms with Gasteiger partial charge in [0.25, 0.3) is 0 Å². The third-order valence-electron chi connectivity index (χ3n) is 1.08. The zero-order valence-corrected chi connectivity index (χ0v) is 8.11. The van der Waals surface area contributed by atoms with E-state index >= 15 is 0 Å². The second-order valence-corrected chi connectivity index (χ2v) is 3.47. The molecule has 0 spiro atoms. The van der Waals surface area contributed by atoms with Crippen LogP contribution in [0.1, 0.15) is 6.42 Å². The maximum atomic E-state index is 10.2. The number of nitrogens with one attached hydrogen (secondary N) is 1. The molecule has 13 heavy (non-hydrogen) atoms. The Hall–Kier alpha value is -0.610. The van der Waals surface area contributed by atoms with Crippen LogP contribution >= 0.6 is 7.82 Å². The van der Waals surface area contributed by atoms with E-state index in [9.17, 15) is 4.57 Å². The van der Waals surface area contributed by atoms with Gasteiger partial charge in [0.05, 0.1) is 6.61 Å². The zero-order valence-electron chi connectivity index (χ0n) is 7.22. The maximum Gasteiger partial charge on any atom is 0.469 e. The summed E-state index contributed by atoms with van der Waals surface area (Å²) in [5, 5.41) is 2.89. The third kappa shape index (κ3) is 11.4. The number of rotatable bonds is 7. The second kappa shape index (κ2) is 6.86. The van der Waals surface area contributed by atoms with Crippen molar-refractivity contribution in [2.45, 2.75) is 6.42 Å². The predicted octanol–water partition coefficient (Wildman–Crippen LogP) is 0.775. The number of hydrogen-bond acceptors (Lipinski definition) is 3. The van der Waals surface area contributed by atoms with Crippen LogP contribution in [0.2, 0.25) is 0 Å². The van der Waals surface area contributed by atoms with E-state index in [2.05, 4.69) is 16.4 Å². The minimum atomic E-state index is -4.29. The Morgan fingerprint density at radius 2 is 2.23 bits per heavy atom. The minimum absolute atomic E-state index is 0.0409. The lowest BCUT2D eigenvalue weighted by Gasteiger charge is -2.04. The van der Waals surface area contributed by atoms with Crippen molar-refractivity contribution in [3.8, 4) is 0 Å². The van der Waals surface area contributed by atoms with Crippen LogP contribution in [-0.4, -0.2) is 22.9 Å². The first-order valence-electron chi connectivity index (χ1n) is 3.77. The second-order valence-electron chi connectivity index (χ2n) is 2.23. The molecule has 0 amide bonds. The average molecular weight is 207 g/mol. The van der Waals surface area contributed by atoms with Crippen molar-refractivity contribution in [1.29, 1.82) is 0 Å². The van der Waals surface area contributed by atoms with E-state index in [1.165, 1.54) is 0 Å². The van der Waals surface area contributed by atoms with Crippen molar-refractivity contribution in [3.05, 3.63) is 24.9 Å². The third-order valence-corrected chi connectivity index (χ3v) is 1.59. The highest BCUT2D eigenvalue weighted by Crippen LogP contribution is 2.35. The van der Waals surface area contributed by atoms with Gasteiger partial charge in [0, 0.05) is 6.54 Å². The van der Waals surface area contributed by atoms with Crippen molar-refractivity contribution in [3.63, 3.8) is 0 Å². The van der Waals surface area contributed by atoms with Gasteiger partial charge in [-0.05, 0) is 18.7 Å². The van der Waals surface area contributed by atoms with Gasteiger partial charge in [0.1, 0.15) is 0 Å². The highest BCUT2D eigenvalue weighted by molar-refractivity contribution is 7.46. The predicted molar refractivity (Wildman–Crippen MR) is 50.0 cm³/mol. The molecule has 3 N–H and O–H groups in total. The number of phosphoric ester groups is 1. The van der Waals surface area contributed by atoms with Gasteiger partial charge < -0.3 is 15.1 Å². The monoisotopic (exact) mass is 207 g/mol. The van der Waals surface area contributed by atoms with E-state index < -0.39 is 7.82 Å². The van der Waals surface area contributed by atoms with Crippen LogP contribution in [0.15, 0.2) is 24.9 Å². The quantitative estimate of drug-likeness (QED) is 0.326. The molecule has 0 fully saturated rings. The maximum absolute atomic E-state index is 10.2. The van der Waals surface area contributed by atoms with Crippen LogP contribution < -0.4 is 5.32 Å². The molecule has 6 heteroatoms. The summed E-state index contributed by atoms with van der Waals surface area (Å²) < 4.78 is 14.4. The van der Waals surface area contributed by atoms with Gasteiger partial charge in [-0.25, -0.2) is 4.57 Å². The molecule has 0 aromatic rings. The van der Waals surface area contributed by atoms with Gasteiger partial charge in [-0.1, -0.05) is 12.7 Å². The molecule has 0 heterocycles. The van der Waals surface area contributed by atoms with E-state index in [1.807, 2.05) is 0 Å². The molecule has 0 radical (unpaired) electrons. The molecule has 0 aliphatic heterocycles. The normalized spacial score (nSPS) is 11.8. The molecule has 5 nitrogen and oxygen atoms in total. The van der Waals surface area contributed by atoms with Crippen molar-refractivity contribution in [2.24, 2.45) is 0 Å². The lowest BCUT2D eigenvalue weighted by atomic mass is 10.4. The fraction of sp³-hybridized carbons (Fsp3) is 0.429. The van der Waals surface area contributed by atoms with Crippen molar-refractivity contribution >= 4 is 7.82 Å². The Balaban J connectivity index is 3.22. The fourth-order valence-corrected chi connectivity index (χ4v) is 0.944. The lowest BCUT2D eigenvalue weighted by Crippen LogP contribution is -2.09. The molecule has 0 unspecified atom stereocenters. The number of phosphoric acid groups is 1. The molecule has 0 atom stereocenters. The first-order valence-corrected chi connectivity index (χ1v) is 5.30. The zero-order chi connectivity index (χ0) is 10.2. The molecule has 0 rings (SSSR count). The summed E-state index contributed by atoms with van der Waals surface area (Å²) >= 11 is 0. The lowest BCUT2D eigenvalue weighted by molar-refractivity contribution is 0.195. The molecule has 0 bridgehead atoms. The summed E-state index contributed by atoms with van der Waals surface area (Å²) in [6.45, 7) is 4.11. The molecule has 0 saturated heterocycles. The summed E-state index contributed by atoms with van der Waals surface area (Å²) in [4.78, 5) is 16.6. The van der Waals surface area contributed by atoms with Crippen LogP contribution in [0.25, 0.3) is 0 Å². The van der Waals surface area contributed by atoms with E-state index in [4.69, 9.17) is 9.79 Å². The summed E-state index contributed by atoms with van der Waals surface area (Å²) in [7, 11) is -4.29. The molecular formula is C7H14NO4P. The van der Waals surface area contributed by atoms with Crippen LogP contribution in [0.4, 0.5) is 0 Å². The van der Waals surface area contributed by atoms with Gasteiger partial charge in [-0.3, -0.25) is 4.52 Å². The van der Waals surface area contributed by atoms with Gasteiger partial charge >= 0.3 is 7.82 Å². The van der Waals surface area contributed by atoms with E-state index in [-0.39, 0.29) is 6.61 Å². The SMILES string of the molecule is C=C/C=C/NCCCOP(=O)(O)O. The molecular weight excluding hydrogens is 193 g/mol. The van der Waals surface area contributed by atoms with Crippen molar-refractivity contribution < 1.29 is 18.9 Å². The summed E-state index contributed by atoms with van der Waals surface area (Å²) in [6, 6.07) is 0. The standard InChI is InChI=1S/C7H14NO4P/c1-2-3-5-8-6-4-7-12-13(9,10)11/h2-3,5,8H,1,4,6-7H2,(H2,9,10,11)/b5-3+. The number of allylic oxidation sites excluding steroid dienone is 2. The largest absolute Gasteiger partial charge is 0.469 e. The molecule has 0 aromatic heterocycles. The smallest absolute Gasteiger partial charge is 0.391 e. The summed E-state index contributed by atoms with van der Waals surface area (Å²) in [5.74, 6) is 0. The van der Waals surface area contributed by atoms with Gasteiger partial charge in [0.2, 0.25) is 0 Å². The Labute approximate surface area is 77.4 Å². The van der Waals surface area contributed by atoms with Gasteiger partial charge in [0.15, 0.2) is 0 Å². The first-order chi connectivity index (χ1) is 6.06. The fourth-order valence-electron chi connectivity index (χ4n) is 0.577. The topological polar surface area (TPSA) is 78.8 Å². The average Bonchev–Trinajstić information content (AvgIpc) is 2.01. The van der Waals surface area contributed by atoms with E-state index in [0.717, 1.165) is 0 Å². The van der Waals surface area contributed by atoms with Crippen LogP contribution in [0, 0.1) is 0 Å². The highest BCUT2D eigenvalue weighted by atomic mass is 31.2. The summed E-state index contributed by atoms with van der Waals surface area (Å²) in [6.07, 6.45) is 5.58. The highest BCUT2D eigenvalue weighted by Gasteiger charge is 2.11. The molecule has 0 saturated carbocycles. The van der Waals surface area contributed by atoms with E-state index in [0.29, 0.717) is 13.0 Å². The Morgan fingerprint density at radius 3 is 2.77 bits per heavy atom. The molecule has 0 aliphatic rings. The Morgan fingerprint density at radius 1 is 1.54 bits per heavy atom. The van der Waals surface area contributed by atoms with Crippen molar-refractivity contribution in [1.82, 2.24) is 5.32 Å². The summed E-state index contributed by atoms with van der Waals surface area (Å²) in [5.41, 5.74) is 0. The Bertz CT molecular complexity index is 211. The van der Waals surface area contributed by atoms with Gasteiger partial charge in [-0.2, -0.15) is 0 Å². The Kier molecular flexibility index (Phi) is 6.54. The van der Waals surface area contributed by atoms with Crippen molar-refractivity contribution in [2.75, 3.05) is 13.2 Å².